The van der Waals surface area contributed by atoms with E-state index in [9.17, 15) is 9.90 Å². The summed E-state index contributed by atoms with van der Waals surface area (Å²) in [7, 11) is 0. The van der Waals surface area contributed by atoms with Crippen LogP contribution in [-0.2, 0) is 11.3 Å². The van der Waals surface area contributed by atoms with Gasteiger partial charge in [0.05, 0.1) is 5.56 Å². The molecule has 0 spiro atoms. The van der Waals surface area contributed by atoms with E-state index >= 15 is 0 Å². The molecule has 0 saturated heterocycles. The number of rotatable bonds is 4. The Balaban J connectivity index is 1.96. The first-order chi connectivity index (χ1) is 9.06. The molecule has 0 saturated carbocycles. The lowest BCUT2D eigenvalue weighted by molar-refractivity contribution is 0.0429. The average molecular weight is 262 g/mol. The average Bonchev–Trinajstić information content (AvgIpc) is 2.85. The van der Waals surface area contributed by atoms with Gasteiger partial charge in [0.15, 0.2) is 12.4 Å². The minimum Gasteiger partial charge on any atom is -0.508 e. The number of aromatic nitrogens is 2. The van der Waals surface area contributed by atoms with E-state index in [0.29, 0.717) is 5.82 Å². The van der Waals surface area contributed by atoms with E-state index in [1.54, 1.807) is 12.1 Å². The molecule has 1 heterocycles. The summed E-state index contributed by atoms with van der Waals surface area (Å²) >= 11 is 0. The first kappa shape index (κ1) is 13.1. The second-order valence-electron chi connectivity index (χ2n) is 4.33. The van der Waals surface area contributed by atoms with Crippen molar-refractivity contribution in [3.05, 3.63) is 41.5 Å². The molecule has 0 aliphatic rings. The molecular formula is C13H14N2O4. The second kappa shape index (κ2) is 5.51. The predicted molar refractivity (Wildman–Crippen MR) is 65.6 cm³/mol. The number of aromatic hydroxyl groups is 1. The highest BCUT2D eigenvalue weighted by Gasteiger charge is 2.13. The van der Waals surface area contributed by atoms with E-state index in [0.717, 1.165) is 0 Å². The number of esters is 1. The Kier molecular flexibility index (Phi) is 3.79. The molecule has 6 nitrogen and oxygen atoms in total. The smallest absolute Gasteiger partial charge is 0.338 e. The summed E-state index contributed by atoms with van der Waals surface area (Å²) in [5.74, 6) is 0.425. The Morgan fingerprint density at radius 1 is 1.47 bits per heavy atom. The van der Waals surface area contributed by atoms with Gasteiger partial charge in [-0.1, -0.05) is 25.1 Å². The molecule has 0 atom stereocenters. The summed E-state index contributed by atoms with van der Waals surface area (Å²) in [6, 6.07) is 5.92. The number of phenolic OH excluding ortho intramolecular Hbond substituents is 1. The minimum atomic E-state index is -0.555. The molecule has 1 aromatic heterocycles. The van der Waals surface area contributed by atoms with Crippen molar-refractivity contribution in [2.24, 2.45) is 0 Å². The maximum absolute atomic E-state index is 11.7. The molecule has 1 aromatic carbocycles. The Labute approximate surface area is 110 Å². The van der Waals surface area contributed by atoms with Crippen molar-refractivity contribution < 1.29 is 19.2 Å². The summed E-state index contributed by atoms with van der Waals surface area (Å²) in [5.41, 5.74) is 0.267. The van der Waals surface area contributed by atoms with Gasteiger partial charge in [0.2, 0.25) is 0 Å². The highest BCUT2D eigenvalue weighted by Crippen LogP contribution is 2.13. The highest BCUT2D eigenvalue weighted by atomic mass is 16.6. The number of nitrogens with zero attached hydrogens (tertiary/aromatic N) is 2. The number of ether oxygens (including phenoxy) is 1. The van der Waals surface area contributed by atoms with E-state index in [4.69, 9.17) is 9.26 Å². The lowest BCUT2D eigenvalue weighted by Gasteiger charge is -2.02. The van der Waals surface area contributed by atoms with Gasteiger partial charge in [-0.3, -0.25) is 0 Å². The van der Waals surface area contributed by atoms with Crippen LogP contribution in [0.4, 0.5) is 0 Å². The van der Waals surface area contributed by atoms with Gasteiger partial charge in [0.1, 0.15) is 5.75 Å². The topological polar surface area (TPSA) is 85.5 Å². The lowest BCUT2D eigenvalue weighted by atomic mass is 10.2. The molecule has 0 radical (unpaired) electrons. The van der Waals surface area contributed by atoms with E-state index in [1.807, 2.05) is 13.8 Å². The molecule has 2 aromatic rings. The fourth-order valence-electron chi connectivity index (χ4n) is 1.40. The van der Waals surface area contributed by atoms with Gasteiger partial charge >= 0.3 is 5.97 Å². The van der Waals surface area contributed by atoms with Crippen LogP contribution in [0.15, 0.2) is 28.8 Å². The maximum atomic E-state index is 11.7. The molecule has 0 unspecified atom stereocenters. The zero-order valence-electron chi connectivity index (χ0n) is 10.7. The summed E-state index contributed by atoms with van der Waals surface area (Å²) in [5, 5.41) is 13.0. The molecular weight excluding hydrogens is 248 g/mol. The molecule has 0 fully saturated rings. The molecule has 6 heteroatoms. The van der Waals surface area contributed by atoms with Crippen molar-refractivity contribution in [1.29, 1.82) is 0 Å². The van der Waals surface area contributed by atoms with Gasteiger partial charge in [-0.15, -0.1) is 0 Å². The first-order valence-electron chi connectivity index (χ1n) is 5.85. The van der Waals surface area contributed by atoms with Crippen LogP contribution in [0.3, 0.4) is 0 Å². The fraction of sp³-hybridized carbons (Fsp3) is 0.308. The van der Waals surface area contributed by atoms with Gasteiger partial charge in [-0.05, 0) is 18.2 Å². The maximum Gasteiger partial charge on any atom is 0.338 e. The van der Waals surface area contributed by atoms with E-state index in [2.05, 4.69) is 10.1 Å². The Hall–Kier alpha value is -2.37. The van der Waals surface area contributed by atoms with Crippen molar-refractivity contribution in [2.75, 3.05) is 0 Å². The first-order valence-corrected chi connectivity index (χ1v) is 5.85. The summed E-state index contributed by atoms with van der Waals surface area (Å²) in [6.45, 7) is 3.79. The number of phenols is 1. The van der Waals surface area contributed by atoms with Crippen LogP contribution in [0.25, 0.3) is 0 Å². The van der Waals surface area contributed by atoms with E-state index < -0.39 is 5.97 Å². The molecule has 0 aliphatic carbocycles. The third kappa shape index (κ3) is 3.31. The molecule has 0 amide bonds. The molecule has 0 bridgehead atoms. The van der Waals surface area contributed by atoms with Crippen LogP contribution in [0.5, 0.6) is 5.75 Å². The van der Waals surface area contributed by atoms with Gasteiger partial charge < -0.3 is 14.4 Å². The molecule has 19 heavy (non-hydrogen) atoms. The van der Waals surface area contributed by atoms with Crippen LogP contribution in [0.1, 0.15) is 41.8 Å². The van der Waals surface area contributed by atoms with Crippen molar-refractivity contribution in [3.8, 4) is 5.75 Å². The predicted octanol–water partition coefficient (Wildman–Crippen LogP) is 2.26. The molecule has 1 N–H and O–H groups in total. The number of carbonyl (C=O) groups excluding carboxylic acids is 1. The van der Waals surface area contributed by atoms with Crippen LogP contribution in [0, 0.1) is 0 Å². The van der Waals surface area contributed by atoms with Crippen LogP contribution in [0.2, 0.25) is 0 Å². The Bertz CT molecular complexity index is 578. The van der Waals surface area contributed by atoms with Gasteiger partial charge in [0.25, 0.3) is 5.89 Å². The fourth-order valence-corrected chi connectivity index (χ4v) is 1.40. The number of benzene rings is 1. The second-order valence-corrected chi connectivity index (χ2v) is 4.33. The van der Waals surface area contributed by atoms with Crippen molar-refractivity contribution in [2.45, 2.75) is 26.4 Å². The quantitative estimate of drug-likeness (QED) is 0.850. The van der Waals surface area contributed by atoms with Gasteiger partial charge in [0, 0.05) is 5.92 Å². The summed E-state index contributed by atoms with van der Waals surface area (Å²) < 4.78 is 9.96. The molecule has 100 valence electrons. The normalized spacial score (nSPS) is 10.7. The van der Waals surface area contributed by atoms with Crippen molar-refractivity contribution in [3.63, 3.8) is 0 Å². The van der Waals surface area contributed by atoms with Gasteiger partial charge in [-0.25, -0.2) is 4.79 Å². The van der Waals surface area contributed by atoms with E-state index in [1.165, 1.54) is 12.1 Å². The van der Waals surface area contributed by atoms with Crippen molar-refractivity contribution >= 4 is 5.97 Å². The molecule has 2 rings (SSSR count). The minimum absolute atomic E-state index is 0.00864. The van der Waals surface area contributed by atoms with E-state index in [-0.39, 0.29) is 29.7 Å². The van der Waals surface area contributed by atoms with Gasteiger partial charge in [-0.2, -0.15) is 4.98 Å². The highest BCUT2D eigenvalue weighted by molar-refractivity contribution is 5.89. The van der Waals surface area contributed by atoms with Crippen LogP contribution in [-0.4, -0.2) is 21.2 Å². The summed E-state index contributed by atoms with van der Waals surface area (Å²) in [4.78, 5) is 15.8. The largest absolute Gasteiger partial charge is 0.508 e. The standard InChI is InChI=1S/C13H14N2O4/c1-8(2)12-14-11(19-15-12)7-18-13(17)9-4-3-5-10(16)6-9/h3-6,8,16H,7H2,1-2H3. The van der Waals surface area contributed by atoms with Crippen LogP contribution >= 0.6 is 0 Å². The van der Waals surface area contributed by atoms with Crippen LogP contribution < -0.4 is 0 Å². The summed E-state index contributed by atoms with van der Waals surface area (Å²) in [6.07, 6.45) is 0. The lowest BCUT2D eigenvalue weighted by Crippen LogP contribution is -2.05. The number of carbonyl (C=O) groups is 1. The number of hydrogen-bond donors (Lipinski definition) is 1. The third-order valence-electron chi connectivity index (χ3n) is 2.41. The van der Waals surface area contributed by atoms with Crippen molar-refractivity contribution in [1.82, 2.24) is 10.1 Å². The third-order valence-corrected chi connectivity index (χ3v) is 2.41. The zero-order valence-corrected chi connectivity index (χ0v) is 10.7. The SMILES string of the molecule is CC(C)c1noc(COC(=O)c2cccc(O)c2)n1. The number of hydrogen-bond acceptors (Lipinski definition) is 6. The Morgan fingerprint density at radius 3 is 2.89 bits per heavy atom. The zero-order chi connectivity index (χ0) is 13.8. The Morgan fingerprint density at radius 2 is 2.26 bits per heavy atom. The monoisotopic (exact) mass is 262 g/mol. The molecule has 0 aliphatic heterocycles.